The maximum Gasteiger partial charge on any atom is 0.144 e. The Kier molecular flexibility index (Phi) is 4.29. The van der Waals surface area contributed by atoms with Gasteiger partial charge in [0.15, 0.2) is 0 Å². The Morgan fingerprint density at radius 3 is 2.68 bits per heavy atom. The quantitative estimate of drug-likeness (QED) is 0.748. The number of anilines is 1. The molecule has 2 aromatic heterocycles. The van der Waals surface area contributed by atoms with E-state index >= 15 is 0 Å². The SMILES string of the molecule is CC(C)n1cncc1CNc1c(Br)cnn1-c1ccccc1. The van der Waals surface area contributed by atoms with Crippen molar-refractivity contribution >= 4 is 21.7 Å². The van der Waals surface area contributed by atoms with Crippen molar-refractivity contribution in [2.24, 2.45) is 0 Å². The van der Waals surface area contributed by atoms with Crippen molar-refractivity contribution in [1.29, 1.82) is 0 Å². The van der Waals surface area contributed by atoms with Crippen LogP contribution in [-0.4, -0.2) is 19.3 Å². The van der Waals surface area contributed by atoms with Crippen molar-refractivity contribution in [2.75, 3.05) is 5.32 Å². The summed E-state index contributed by atoms with van der Waals surface area (Å²) in [5.41, 5.74) is 2.16. The molecule has 0 unspecified atom stereocenters. The van der Waals surface area contributed by atoms with E-state index in [4.69, 9.17) is 0 Å². The summed E-state index contributed by atoms with van der Waals surface area (Å²) < 4.78 is 4.98. The van der Waals surface area contributed by atoms with Crippen LogP contribution in [0.4, 0.5) is 5.82 Å². The molecular formula is C16H18BrN5. The minimum Gasteiger partial charge on any atom is -0.363 e. The molecule has 1 aromatic carbocycles. The first kappa shape index (κ1) is 14.8. The highest BCUT2D eigenvalue weighted by Crippen LogP contribution is 2.25. The lowest BCUT2D eigenvalue weighted by molar-refractivity contribution is 0.577. The summed E-state index contributed by atoms with van der Waals surface area (Å²) in [4.78, 5) is 4.24. The lowest BCUT2D eigenvalue weighted by atomic mass is 10.3. The molecule has 0 bridgehead atoms. The number of halogens is 1. The maximum atomic E-state index is 4.43. The second kappa shape index (κ2) is 6.36. The molecule has 3 aromatic rings. The Bertz CT molecular complexity index is 745. The Labute approximate surface area is 138 Å². The third-order valence-electron chi connectivity index (χ3n) is 3.46. The maximum absolute atomic E-state index is 4.43. The first-order chi connectivity index (χ1) is 10.7. The van der Waals surface area contributed by atoms with Crippen molar-refractivity contribution in [2.45, 2.75) is 26.4 Å². The van der Waals surface area contributed by atoms with Crippen LogP contribution in [0.15, 0.2) is 53.5 Å². The van der Waals surface area contributed by atoms with E-state index in [-0.39, 0.29) is 0 Å². The number of hydrogen-bond donors (Lipinski definition) is 1. The summed E-state index contributed by atoms with van der Waals surface area (Å²) in [7, 11) is 0. The predicted octanol–water partition coefficient (Wildman–Crippen LogP) is 4.02. The third kappa shape index (κ3) is 2.92. The number of aromatic nitrogens is 4. The summed E-state index contributed by atoms with van der Waals surface area (Å²) in [5.74, 6) is 0.933. The zero-order valence-corrected chi connectivity index (χ0v) is 14.2. The molecule has 0 fully saturated rings. The van der Waals surface area contributed by atoms with Crippen molar-refractivity contribution in [3.05, 3.63) is 59.2 Å². The summed E-state index contributed by atoms with van der Waals surface area (Å²) in [6.07, 6.45) is 5.56. The van der Waals surface area contributed by atoms with Gasteiger partial charge in [-0.25, -0.2) is 9.67 Å². The van der Waals surface area contributed by atoms with E-state index in [1.807, 2.05) is 47.5 Å². The molecule has 1 N–H and O–H groups in total. The molecule has 0 saturated heterocycles. The van der Waals surface area contributed by atoms with Gasteiger partial charge in [0.05, 0.1) is 34.9 Å². The lowest BCUT2D eigenvalue weighted by Crippen LogP contribution is -2.11. The van der Waals surface area contributed by atoms with Crippen LogP contribution >= 0.6 is 15.9 Å². The summed E-state index contributed by atoms with van der Waals surface area (Å²) in [6, 6.07) is 10.5. The Morgan fingerprint density at radius 1 is 1.18 bits per heavy atom. The zero-order valence-electron chi connectivity index (χ0n) is 12.6. The Morgan fingerprint density at radius 2 is 1.95 bits per heavy atom. The first-order valence-electron chi connectivity index (χ1n) is 7.20. The van der Waals surface area contributed by atoms with Crippen LogP contribution in [0.25, 0.3) is 5.69 Å². The summed E-state index contributed by atoms with van der Waals surface area (Å²) >= 11 is 3.56. The minimum atomic E-state index is 0.391. The van der Waals surface area contributed by atoms with Crippen molar-refractivity contribution in [1.82, 2.24) is 19.3 Å². The molecule has 3 rings (SSSR count). The largest absolute Gasteiger partial charge is 0.363 e. The van der Waals surface area contributed by atoms with Crippen molar-refractivity contribution < 1.29 is 0 Å². The van der Waals surface area contributed by atoms with Gasteiger partial charge in [-0.15, -0.1) is 0 Å². The Balaban J connectivity index is 1.84. The highest BCUT2D eigenvalue weighted by molar-refractivity contribution is 9.10. The number of benzene rings is 1. The van der Waals surface area contributed by atoms with Crippen LogP contribution in [0.1, 0.15) is 25.6 Å². The van der Waals surface area contributed by atoms with Crippen LogP contribution < -0.4 is 5.32 Å². The molecule has 2 heterocycles. The van der Waals surface area contributed by atoms with Gasteiger partial charge in [-0.3, -0.25) is 0 Å². The average molecular weight is 360 g/mol. The molecule has 0 spiro atoms. The molecule has 0 saturated carbocycles. The van der Waals surface area contributed by atoms with Gasteiger partial charge in [0, 0.05) is 12.2 Å². The molecule has 0 atom stereocenters. The lowest BCUT2D eigenvalue weighted by Gasteiger charge is -2.14. The minimum absolute atomic E-state index is 0.391. The molecular weight excluding hydrogens is 342 g/mol. The van der Waals surface area contributed by atoms with Gasteiger partial charge >= 0.3 is 0 Å². The number of nitrogens with zero attached hydrogens (tertiary/aromatic N) is 4. The van der Waals surface area contributed by atoms with Gasteiger partial charge in [-0.1, -0.05) is 18.2 Å². The van der Waals surface area contributed by atoms with Gasteiger partial charge < -0.3 is 9.88 Å². The topological polar surface area (TPSA) is 47.7 Å². The smallest absolute Gasteiger partial charge is 0.144 e. The molecule has 0 radical (unpaired) electrons. The normalized spacial score (nSPS) is 11.1. The number of imidazole rings is 1. The fraction of sp³-hybridized carbons (Fsp3) is 0.250. The number of rotatable bonds is 5. The van der Waals surface area contributed by atoms with Crippen LogP contribution in [-0.2, 0) is 6.54 Å². The van der Waals surface area contributed by atoms with E-state index in [1.54, 1.807) is 6.20 Å². The van der Waals surface area contributed by atoms with Crippen LogP contribution in [0.2, 0.25) is 0 Å². The third-order valence-corrected chi connectivity index (χ3v) is 4.05. The number of para-hydroxylation sites is 1. The second-order valence-electron chi connectivity index (χ2n) is 5.33. The summed E-state index contributed by atoms with van der Waals surface area (Å²) in [6.45, 7) is 4.99. The van der Waals surface area contributed by atoms with Gasteiger partial charge in [-0.2, -0.15) is 5.10 Å². The zero-order chi connectivity index (χ0) is 15.5. The number of hydrogen-bond acceptors (Lipinski definition) is 3. The number of nitrogens with one attached hydrogen (secondary N) is 1. The van der Waals surface area contributed by atoms with Gasteiger partial charge in [0.2, 0.25) is 0 Å². The van der Waals surface area contributed by atoms with E-state index in [2.05, 4.69) is 49.7 Å². The summed E-state index contributed by atoms with van der Waals surface area (Å²) in [5, 5.41) is 7.88. The molecule has 0 aliphatic rings. The van der Waals surface area contributed by atoms with Gasteiger partial charge in [0.1, 0.15) is 5.82 Å². The fourth-order valence-electron chi connectivity index (χ4n) is 2.36. The van der Waals surface area contributed by atoms with Gasteiger partial charge in [0.25, 0.3) is 0 Å². The van der Waals surface area contributed by atoms with E-state index in [1.165, 1.54) is 0 Å². The highest BCUT2D eigenvalue weighted by Gasteiger charge is 2.11. The van der Waals surface area contributed by atoms with Crippen LogP contribution in [0.5, 0.6) is 0 Å². The molecule has 5 nitrogen and oxygen atoms in total. The van der Waals surface area contributed by atoms with Crippen LogP contribution in [0.3, 0.4) is 0 Å². The van der Waals surface area contributed by atoms with E-state index < -0.39 is 0 Å². The molecule has 0 amide bonds. The molecule has 6 heteroatoms. The van der Waals surface area contributed by atoms with E-state index in [0.29, 0.717) is 12.6 Å². The predicted molar refractivity (Wildman–Crippen MR) is 91.2 cm³/mol. The molecule has 0 aliphatic carbocycles. The highest BCUT2D eigenvalue weighted by atomic mass is 79.9. The first-order valence-corrected chi connectivity index (χ1v) is 7.99. The molecule has 0 aliphatic heterocycles. The fourth-order valence-corrected chi connectivity index (χ4v) is 2.76. The Hall–Kier alpha value is -2.08. The average Bonchev–Trinajstić information content (AvgIpc) is 3.12. The molecule has 114 valence electrons. The monoisotopic (exact) mass is 359 g/mol. The van der Waals surface area contributed by atoms with Crippen molar-refractivity contribution in [3.8, 4) is 5.69 Å². The second-order valence-corrected chi connectivity index (χ2v) is 6.18. The standard InChI is InChI=1S/C16H18BrN5/c1-12(2)21-11-18-8-14(21)9-19-16-15(17)10-20-22(16)13-6-4-3-5-7-13/h3-8,10-12,19H,9H2,1-2H3. The van der Waals surface area contributed by atoms with Crippen LogP contribution in [0, 0.1) is 0 Å². The van der Waals surface area contributed by atoms with Gasteiger partial charge in [-0.05, 0) is 41.9 Å². The molecule has 22 heavy (non-hydrogen) atoms. The van der Waals surface area contributed by atoms with E-state index in [9.17, 15) is 0 Å². The van der Waals surface area contributed by atoms with E-state index in [0.717, 1.165) is 21.7 Å². The van der Waals surface area contributed by atoms with Crippen molar-refractivity contribution in [3.63, 3.8) is 0 Å².